The van der Waals surface area contributed by atoms with Gasteiger partial charge in [-0.1, -0.05) is 32.0 Å². The average molecular weight is 358 g/mol. The van der Waals surface area contributed by atoms with Crippen molar-refractivity contribution in [1.29, 1.82) is 0 Å². The summed E-state index contributed by atoms with van der Waals surface area (Å²) in [6.45, 7) is 4.45. The van der Waals surface area contributed by atoms with Gasteiger partial charge in [-0.25, -0.2) is 15.4 Å². The van der Waals surface area contributed by atoms with E-state index in [9.17, 15) is 4.79 Å². The van der Waals surface area contributed by atoms with Crippen molar-refractivity contribution >= 4 is 39.3 Å². The van der Waals surface area contributed by atoms with Crippen molar-refractivity contribution in [1.82, 2.24) is 9.55 Å². The Morgan fingerprint density at radius 2 is 2.04 bits per heavy atom. The summed E-state index contributed by atoms with van der Waals surface area (Å²) in [6.07, 6.45) is 0.883. The molecule has 2 aromatic heterocycles. The van der Waals surface area contributed by atoms with Crippen LogP contribution < -0.4 is 16.8 Å². The number of rotatable bonds is 2. The molecule has 7 heteroatoms. The highest BCUT2D eigenvalue weighted by atomic mass is 32.2. The maximum atomic E-state index is 13.3. The lowest BCUT2D eigenvalue weighted by Gasteiger charge is -2.28. The minimum atomic E-state index is -0.0562. The quantitative estimate of drug-likeness (QED) is 0.543. The van der Waals surface area contributed by atoms with E-state index in [2.05, 4.69) is 24.3 Å². The third-order valence-corrected chi connectivity index (χ3v) is 6.92. The number of hydrazine groups is 1. The molecule has 0 saturated carbocycles. The number of thioether (sulfide) groups is 1. The average Bonchev–Trinajstić information content (AvgIpc) is 2.92. The molecule has 0 aliphatic carbocycles. The summed E-state index contributed by atoms with van der Waals surface area (Å²) in [5, 5.41) is 0.742. The molecule has 0 unspecified atom stereocenters. The molecule has 0 atom stereocenters. The van der Waals surface area contributed by atoms with E-state index in [4.69, 9.17) is 5.84 Å². The van der Waals surface area contributed by atoms with Crippen LogP contribution in [0.3, 0.4) is 0 Å². The Balaban J connectivity index is 2.04. The second-order valence-electron chi connectivity index (χ2n) is 6.46. The molecule has 0 fully saturated rings. The van der Waals surface area contributed by atoms with Crippen molar-refractivity contribution in [3.8, 4) is 5.69 Å². The SMILES string of the molecule is CC1(C)Cc2c(sc3nc(NN)n(-c4ccccc4)c(=O)c23)CS1. The van der Waals surface area contributed by atoms with Gasteiger partial charge in [0.25, 0.3) is 5.56 Å². The molecule has 124 valence electrons. The summed E-state index contributed by atoms with van der Waals surface area (Å²) in [6, 6.07) is 9.48. The molecule has 0 amide bonds. The minimum Gasteiger partial charge on any atom is -0.293 e. The summed E-state index contributed by atoms with van der Waals surface area (Å²) in [5.74, 6) is 6.94. The number of hydrogen-bond acceptors (Lipinski definition) is 6. The number of nitrogens with one attached hydrogen (secondary N) is 1. The Kier molecular flexibility index (Phi) is 3.67. The third-order valence-electron chi connectivity index (χ3n) is 4.25. The van der Waals surface area contributed by atoms with Crippen molar-refractivity contribution in [2.24, 2.45) is 5.84 Å². The number of benzene rings is 1. The van der Waals surface area contributed by atoms with Crippen LogP contribution in [0, 0.1) is 0 Å². The highest BCUT2D eigenvalue weighted by Crippen LogP contribution is 2.43. The molecule has 0 bridgehead atoms. The first-order chi connectivity index (χ1) is 11.5. The van der Waals surface area contributed by atoms with E-state index in [-0.39, 0.29) is 10.3 Å². The Bertz CT molecular complexity index is 976. The molecule has 3 aromatic rings. The number of hydrogen-bond donors (Lipinski definition) is 2. The maximum absolute atomic E-state index is 13.3. The molecule has 5 nitrogen and oxygen atoms in total. The molecule has 1 aromatic carbocycles. The normalized spacial score (nSPS) is 16.1. The second-order valence-corrected chi connectivity index (χ2v) is 9.23. The number of para-hydroxylation sites is 1. The van der Waals surface area contributed by atoms with Gasteiger partial charge in [0.15, 0.2) is 0 Å². The van der Waals surface area contributed by atoms with Crippen molar-refractivity contribution in [2.75, 3.05) is 5.43 Å². The predicted octanol–water partition coefficient (Wildman–Crippen LogP) is 3.30. The van der Waals surface area contributed by atoms with Gasteiger partial charge in [0, 0.05) is 15.4 Å². The molecule has 3 N–H and O–H groups in total. The van der Waals surface area contributed by atoms with E-state index >= 15 is 0 Å². The standard InChI is InChI=1S/C17H18N4OS2/c1-17(2)8-11-12(9-23-17)24-14-13(11)15(22)21(16(19-14)20-18)10-6-4-3-5-7-10/h3-7H,8-9,18H2,1-2H3,(H,19,20). The Morgan fingerprint density at radius 1 is 1.29 bits per heavy atom. The van der Waals surface area contributed by atoms with Crippen molar-refractivity contribution in [2.45, 2.75) is 30.8 Å². The van der Waals surface area contributed by atoms with Crippen LogP contribution in [0.4, 0.5) is 5.95 Å². The van der Waals surface area contributed by atoms with E-state index < -0.39 is 0 Å². The first-order valence-electron chi connectivity index (χ1n) is 7.73. The number of thiophene rings is 1. The van der Waals surface area contributed by atoms with Gasteiger partial charge in [0.2, 0.25) is 5.95 Å². The van der Waals surface area contributed by atoms with Gasteiger partial charge in [0.1, 0.15) is 4.83 Å². The van der Waals surface area contributed by atoms with Gasteiger partial charge in [-0.05, 0) is 24.1 Å². The molecule has 0 spiro atoms. The minimum absolute atomic E-state index is 0.0562. The highest BCUT2D eigenvalue weighted by molar-refractivity contribution is 8.00. The predicted molar refractivity (Wildman–Crippen MR) is 102 cm³/mol. The fourth-order valence-corrected chi connectivity index (χ4v) is 5.44. The van der Waals surface area contributed by atoms with E-state index in [0.29, 0.717) is 5.95 Å². The maximum Gasteiger partial charge on any atom is 0.268 e. The summed E-state index contributed by atoms with van der Waals surface area (Å²) < 4.78 is 1.69. The smallest absolute Gasteiger partial charge is 0.268 e. The Hall–Kier alpha value is -1.83. The second kappa shape index (κ2) is 5.61. The zero-order chi connectivity index (χ0) is 16.9. The fourth-order valence-electron chi connectivity index (χ4n) is 3.11. The van der Waals surface area contributed by atoms with Crippen LogP contribution in [0.5, 0.6) is 0 Å². The third kappa shape index (κ3) is 2.44. The Labute approximate surface area is 147 Å². The fraction of sp³-hybridized carbons (Fsp3) is 0.294. The van der Waals surface area contributed by atoms with Crippen LogP contribution in [0.1, 0.15) is 24.3 Å². The lowest BCUT2D eigenvalue weighted by atomic mass is 10.00. The van der Waals surface area contributed by atoms with Crippen LogP contribution in [-0.4, -0.2) is 14.3 Å². The molecule has 0 radical (unpaired) electrons. The summed E-state index contributed by atoms with van der Waals surface area (Å²) in [4.78, 5) is 19.9. The van der Waals surface area contributed by atoms with Crippen LogP contribution in [0.15, 0.2) is 35.1 Å². The topological polar surface area (TPSA) is 72.9 Å². The van der Waals surface area contributed by atoms with Gasteiger partial charge in [-0.3, -0.25) is 10.2 Å². The first-order valence-corrected chi connectivity index (χ1v) is 9.54. The number of nitrogen functional groups attached to an aromatic ring is 1. The molecular formula is C17H18N4OS2. The molecule has 4 rings (SSSR count). The van der Waals surface area contributed by atoms with Crippen molar-refractivity contribution < 1.29 is 0 Å². The van der Waals surface area contributed by atoms with Crippen molar-refractivity contribution in [3.63, 3.8) is 0 Å². The number of aromatic nitrogens is 2. The molecule has 1 aliphatic heterocycles. The summed E-state index contributed by atoms with van der Waals surface area (Å²) >= 11 is 3.54. The van der Waals surface area contributed by atoms with Gasteiger partial charge in [-0.15, -0.1) is 23.1 Å². The molecule has 24 heavy (non-hydrogen) atoms. The number of nitrogens with zero attached hydrogens (tertiary/aromatic N) is 2. The summed E-state index contributed by atoms with van der Waals surface area (Å²) in [5.41, 5.74) is 4.44. The van der Waals surface area contributed by atoms with Crippen molar-refractivity contribution in [3.05, 3.63) is 51.1 Å². The van der Waals surface area contributed by atoms with E-state index in [1.165, 1.54) is 4.88 Å². The largest absolute Gasteiger partial charge is 0.293 e. The lowest BCUT2D eigenvalue weighted by Crippen LogP contribution is -2.28. The van der Waals surface area contributed by atoms with Gasteiger partial charge < -0.3 is 0 Å². The number of anilines is 1. The van der Waals surface area contributed by atoms with Crippen LogP contribution in [0.2, 0.25) is 0 Å². The highest BCUT2D eigenvalue weighted by Gasteiger charge is 2.31. The number of fused-ring (bicyclic) bond motifs is 3. The monoisotopic (exact) mass is 358 g/mol. The van der Waals surface area contributed by atoms with E-state index in [1.807, 2.05) is 42.1 Å². The lowest BCUT2D eigenvalue weighted by molar-refractivity contribution is 0.699. The zero-order valence-corrected chi connectivity index (χ0v) is 15.1. The zero-order valence-electron chi connectivity index (χ0n) is 13.5. The molecule has 3 heterocycles. The summed E-state index contributed by atoms with van der Waals surface area (Å²) in [7, 11) is 0. The molecular weight excluding hydrogens is 340 g/mol. The number of nitrogens with two attached hydrogens (primary N) is 1. The van der Waals surface area contributed by atoms with Crippen LogP contribution >= 0.6 is 23.1 Å². The van der Waals surface area contributed by atoms with E-state index in [0.717, 1.165) is 33.6 Å². The van der Waals surface area contributed by atoms with Gasteiger partial charge in [0.05, 0.1) is 11.1 Å². The van der Waals surface area contributed by atoms with Gasteiger partial charge >= 0.3 is 0 Å². The Morgan fingerprint density at radius 3 is 2.75 bits per heavy atom. The van der Waals surface area contributed by atoms with Crippen LogP contribution in [0.25, 0.3) is 15.9 Å². The molecule has 0 saturated heterocycles. The molecule has 1 aliphatic rings. The first kappa shape index (κ1) is 15.7. The van der Waals surface area contributed by atoms with E-state index in [1.54, 1.807) is 15.9 Å². The van der Waals surface area contributed by atoms with Gasteiger partial charge in [-0.2, -0.15) is 0 Å². The van der Waals surface area contributed by atoms with Crippen LogP contribution in [-0.2, 0) is 12.2 Å².